The number of rotatable bonds is 9. The van der Waals surface area contributed by atoms with Crippen molar-refractivity contribution in [1.82, 2.24) is 20.3 Å². The summed E-state index contributed by atoms with van der Waals surface area (Å²) in [5.41, 5.74) is 5.76. The number of nitrogens with two attached hydrogens (primary N) is 1. The zero-order valence-electron chi connectivity index (χ0n) is 13.3. The third kappa shape index (κ3) is 5.71. The minimum Gasteiger partial charge on any atom is -0.480 e. The predicted molar refractivity (Wildman–Crippen MR) is 81.4 cm³/mol. The van der Waals surface area contributed by atoms with Gasteiger partial charge in [-0.25, -0.2) is 14.3 Å². The molecule has 0 radical (unpaired) electrons. The molecule has 8 heteroatoms. The van der Waals surface area contributed by atoms with Crippen LogP contribution in [-0.2, 0) is 4.79 Å². The van der Waals surface area contributed by atoms with Crippen LogP contribution in [0.15, 0.2) is 6.20 Å². The van der Waals surface area contributed by atoms with Gasteiger partial charge in [0.05, 0.1) is 5.69 Å². The number of amides is 2. The van der Waals surface area contributed by atoms with E-state index in [-0.39, 0.29) is 5.92 Å². The van der Waals surface area contributed by atoms with E-state index < -0.39 is 18.0 Å². The Hall–Kier alpha value is -2.12. The van der Waals surface area contributed by atoms with E-state index in [1.807, 2.05) is 0 Å². The van der Waals surface area contributed by atoms with Crippen molar-refractivity contribution >= 4 is 12.0 Å². The topological polar surface area (TPSA) is 123 Å². The van der Waals surface area contributed by atoms with Crippen LogP contribution in [0.3, 0.4) is 0 Å². The van der Waals surface area contributed by atoms with Gasteiger partial charge in [-0.3, -0.25) is 0 Å². The van der Waals surface area contributed by atoms with Crippen LogP contribution in [0.2, 0.25) is 0 Å². The molecule has 4 N–H and O–H groups in total. The summed E-state index contributed by atoms with van der Waals surface area (Å²) in [5.74, 6) is -0.193. The molecule has 0 saturated heterocycles. The highest BCUT2D eigenvalue weighted by atomic mass is 16.4. The second-order valence-electron chi connectivity index (χ2n) is 5.94. The highest BCUT2D eigenvalue weighted by Crippen LogP contribution is 2.22. The Morgan fingerprint density at radius 1 is 1.41 bits per heavy atom. The lowest BCUT2D eigenvalue weighted by atomic mass is 9.96. The van der Waals surface area contributed by atoms with Gasteiger partial charge in [0.2, 0.25) is 0 Å². The van der Waals surface area contributed by atoms with Crippen molar-refractivity contribution in [2.45, 2.75) is 52.0 Å². The van der Waals surface area contributed by atoms with Crippen LogP contribution < -0.4 is 11.1 Å². The minimum atomic E-state index is -0.966. The molecule has 0 fully saturated rings. The van der Waals surface area contributed by atoms with E-state index in [9.17, 15) is 14.7 Å². The number of carboxylic acid groups (broad SMARTS) is 1. The van der Waals surface area contributed by atoms with Crippen LogP contribution in [-0.4, -0.2) is 38.6 Å². The smallest absolute Gasteiger partial charge is 0.328 e. The number of hydrogen-bond donors (Lipinski definition) is 3. The second-order valence-corrected chi connectivity index (χ2v) is 5.94. The summed E-state index contributed by atoms with van der Waals surface area (Å²) in [6, 6.07) is -1.40. The van der Waals surface area contributed by atoms with Gasteiger partial charge < -0.3 is 16.2 Å². The monoisotopic (exact) mass is 311 g/mol. The lowest BCUT2D eigenvalue weighted by molar-refractivity contribution is -0.141. The molecule has 2 amide bonds. The number of aromatic nitrogens is 3. The van der Waals surface area contributed by atoms with E-state index >= 15 is 0 Å². The van der Waals surface area contributed by atoms with Crippen molar-refractivity contribution in [3.63, 3.8) is 0 Å². The van der Waals surface area contributed by atoms with E-state index in [4.69, 9.17) is 5.73 Å². The first kappa shape index (κ1) is 17.9. The second kappa shape index (κ2) is 8.35. The number of nitrogens with one attached hydrogen (secondary N) is 1. The molecule has 22 heavy (non-hydrogen) atoms. The van der Waals surface area contributed by atoms with E-state index in [1.54, 1.807) is 6.20 Å². The Balaban J connectivity index is 2.66. The Morgan fingerprint density at radius 3 is 2.64 bits per heavy atom. The number of primary amides is 1. The molecule has 1 rings (SSSR count). The highest BCUT2D eigenvalue weighted by Gasteiger charge is 2.22. The normalized spacial score (nSPS) is 13.8. The summed E-state index contributed by atoms with van der Waals surface area (Å²) in [7, 11) is 0. The van der Waals surface area contributed by atoms with Gasteiger partial charge in [-0.05, 0) is 25.2 Å². The van der Waals surface area contributed by atoms with Crippen LogP contribution in [0.5, 0.6) is 0 Å². The van der Waals surface area contributed by atoms with Crippen molar-refractivity contribution in [3.05, 3.63) is 11.9 Å². The fourth-order valence-electron chi connectivity index (χ4n) is 2.37. The molecule has 0 aliphatic rings. The number of carbonyl (C=O) groups is 2. The molecule has 0 aliphatic carbocycles. The molecule has 1 heterocycles. The van der Waals surface area contributed by atoms with E-state index in [0.29, 0.717) is 25.3 Å². The van der Waals surface area contributed by atoms with Crippen LogP contribution in [0, 0.1) is 5.92 Å². The average Bonchev–Trinajstić information content (AvgIpc) is 2.86. The highest BCUT2D eigenvalue weighted by molar-refractivity contribution is 5.72. The van der Waals surface area contributed by atoms with Gasteiger partial charge >= 0.3 is 12.0 Å². The Labute approximate surface area is 130 Å². The quantitative estimate of drug-likeness (QED) is 0.596. The first-order valence-electron chi connectivity index (χ1n) is 7.49. The Bertz CT molecular complexity index is 500. The maximum Gasteiger partial charge on any atom is 0.328 e. The van der Waals surface area contributed by atoms with Crippen molar-refractivity contribution in [2.24, 2.45) is 11.7 Å². The van der Waals surface area contributed by atoms with Gasteiger partial charge in [-0.1, -0.05) is 26.0 Å². The summed E-state index contributed by atoms with van der Waals surface area (Å²) in [4.78, 5) is 22.0. The number of carboxylic acids is 1. The Morgan fingerprint density at radius 2 is 2.09 bits per heavy atom. The molecule has 2 atom stereocenters. The lowest BCUT2D eigenvalue weighted by Gasteiger charge is -2.12. The maximum absolute atomic E-state index is 11.4. The number of carbonyl (C=O) groups excluding carboxylic acids is 1. The first-order valence-corrected chi connectivity index (χ1v) is 7.49. The fraction of sp³-hybridized carbons (Fsp3) is 0.714. The van der Waals surface area contributed by atoms with E-state index in [1.165, 1.54) is 4.68 Å². The van der Waals surface area contributed by atoms with Crippen molar-refractivity contribution < 1.29 is 14.7 Å². The van der Waals surface area contributed by atoms with Crippen molar-refractivity contribution in [2.75, 3.05) is 6.54 Å². The maximum atomic E-state index is 11.4. The lowest BCUT2D eigenvalue weighted by Crippen LogP contribution is -2.30. The zero-order valence-corrected chi connectivity index (χ0v) is 13.3. The van der Waals surface area contributed by atoms with Gasteiger partial charge in [0, 0.05) is 18.7 Å². The molecule has 0 aromatic carbocycles. The van der Waals surface area contributed by atoms with Crippen LogP contribution in [0.1, 0.15) is 57.7 Å². The van der Waals surface area contributed by atoms with Crippen LogP contribution in [0.25, 0.3) is 0 Å². The molecule has 0 unspecified atom stereocenters. The summed E-state index contributed by atoms with van der Waals surface area (Å²) >= 11 is 0. The van der Waals surface area contributed by atoms with Gasteiger partial charge in [0.1, 0.15) is 0 Å². The number of hydrogen-bond acceptors (Lipinski definition) is 4. The summed E-state index contributed by atoms with van der Waals surface area (Å²) in [6.45, 7) is 6.66. The molecule has 0 bridgehead atoms. The SMILES string of the molecule is CC(C)C[C@H](C)c1cn([C@@H](CCCNC(N)=O)C(=O)O)nn1. The predicted octanol–water partition coefficient (Wildman–Crippen LogP) is 1.50. The molecular formula is C14H25N5O3. The summed E-state index contributed by atoms with van der Waals surface area (Å²) in [6.07, 6.45) is 3.51. The number of nitrogens with zero attached hydrogens (tertiary/aromatic N) is 3. The molecule has 1 aromatic heterocycles. The standard InChI is InChI=1S/C14H25N5O3/c1-9(2)7-10(3)11-8-19(18-17-11)12(13(20)21)5-4-6-16-14(15)22/h8-10,12H,4-7H2,1-3H3,(H,20,21)(H3,15,16,22)/t10-,12-/m0/s1. The van der Waals surface area contributed by atoms with Gasteiger partial charge in [-0.2, -0.15) is 0 Å². The van der Waals surface area contributed by atoms with Crippen LogP contribution in [0.4, 0.5) is 4.79 Å². The molecule has 0 saturated carbocycles. The third-order valence-electron chi connectivity index (χ3n) is 3.42. The van der Waals surface area contributed by atoms with Crippen LogP contribution >= 0.6 is 0 Å². The number of aliphatic carboxylic acids is 1. The molecule has 8 nitrogen and oxygen atoms in total. The van der Waals surface area contributed by atoms with E-state index in [2.05, 4.69) is 36.4 Å². The molecule has 1 aromatic rings. The van der Waals surface area contributed by atoms with Gasteiger partial charge in [0.15, 0.2) is 6.04 Å². The largest absolute Gasteiger partial charge is 0.480 e. The fourth-order valence-corrected chi connectivity index (χ4v) is 2.37. The molecule has 0 spiro atoms. The molecule has 124 valence electrons. The average molecular weight is 311 g/mol. The molecular weight excluding hydrogens is 286 g/mol. The summed E-state index contributed by atoms with van der Waals surface area (Å²) in [5, 5.41) is 19.8. The van der Waals surface area contributed by atoms with Crippen molar-refractivity contribution in [3.8, 4) is 0 Å². The number of urea groups is 1. The first-order chi connectivity index (χ1) is 10.3. The van der Waals surface area contributed by atoms with Crippen molar-refractivity contribution in [1.29, 1.82) is 0 Å². The van der Waals surface area contributed by atoms with E-state index in [0.717, 1.165) is 12.1 Å². The van der Waals surface area contributed by atoms with Gasteiger partial charge in [-0.15, -0.1) is 5.10 Å². The minimum absolute atomic E-state index is 0.236. The summed E-state index contributed by atoms with van der Waals surface area (Å²) < 4.78 is 1.39. The van der Waals surface area contributed by atoms with Gasteiger partial charge in [0.25, 0.3) is 0 Å². The Kier molecular flexibility index (Phi) is 6.81. The zero-order chi connectivity index (χ0) is 16.7. The molecule has 0 aliphatic heterocycles. The third-order valence-corrected chi connectivity index (χ3v) is 3.42.